The standard InChI is InChI=1S/C23H16F2N2O2S.C15H10F2N2O4S.C14H9BrF2N2O2S.3CH4/c1-26-22-18(13-17(30-22)9-5-8-15-6-3-2-4-7-15)21(28)27(23(26)29)14-16-10-11-19(24)20(25)12-16;1-18-13-8(5-11(24-13)14(21)22)12(20)19(15(18)23)6-7-2-3-9(16)10(17)4-7;1-18-13-8(5-11(15)22-13)12(20)19(14(18)21)6-7-2-3-9(16)10(17)4-7;;;/h2-4,6-7,10-13H,8,14H2,1H3;2-5H,6H2,1H3,(H,21,22);2-5H,6H2,1H3;3*1H4. The second-order valence-electron chi connectivity index (χ2n) is 16.6. The summed E-state index contributed by atoms with van der Waals surface area (Å²) in [5.41, 5.74) is -1.32. The fraction of sp³-hybridized carbons (Fsp3) is 0.182. The third kappa shape index (κ3) is 13.1. The molecule has 412 valence electrons. The first-order valence-corrected chi connectivity index (χ1v) is 25.3. The Hall–Kier alpha value is -8.11. The molecule has 24 heteroatoms. The molecule has 6 heterocycles. The van der Waals surface area contributed by atoms with E-state index in [0.29, 0.717) is 42.9 Å². The molecule has 10 rings (SSSR count). The molecule has 0 spiro atoms. The van der Waals surface area contributed by atoms with Gasteiger partial charge in [-0.2, -0.15) is 0 Å². The number of hydrogen-bond donors (Lipinski definition) is 1. The molecule has 14 nitrogen and oxygen atoms in total. The summed E-state index contributed by atoms with van der Waals surface area (Å²) >= 11 is 6.67. The van der Waals surface area contributed by atoms with Crippen molar-refractivity contribution in [2.75, 3.05) is 0 Å². The van der Waals surface area contributed by atoms with E-state index in [1.165, 1.54) is 63.1 Å². The molecule has 0 aliphatic rings. The van der Waals surface area contributed by atoms with Crippen molar-refractivity contribution in [3.8, 4) is 11.8 Å². The van der Waals surface area contributed by atoms with Crippen LogP contribution in [0.4, 0.5) is 26.3 Å². The maximum atomic E-state index is 13.5. The second kappa shape index (κ2) is 25.6. The smallest absolute Gasteiger partial charge is 0.345 e. The number of aromatic nitrogens is 6. The lowest BCUT2D eigenvalue weighted by Gasteiger charge is -2.08. The molecular formula is C55H47BrF6N6O8S3. The Balaban J connectivity index is 0.000000217. The zero-order valence-electron chi connectivity index (χ0n) is 39.5. The molecule has 0 aliphatic heterocycles. The molecule has 0 radical (unpaired) electrons. The third-order valence-corrected chi connectivity index (χ3v) is 15.6. The Morgan fingerprint density at radius 2 is 0.873 bits per heavy atom. The molecule has 10 aromatic rings. The summed E-state index contributed by atoms with van der Waals surface area (Å²) < 4.78 is 86.7. The number of carboxylic acid groups (broad SMARTS) is 1. The Morgan fingerprint density at radius 1 is 0.494 bits per heavy atom. The van der Waals surface area contributed by atoms with Gasteiger partial charge < -0.3 is 5.11 Å². The number of aromatic carboxylic acids is 1. The van der Waals surface area contributed by atoms with E-state index < -0.39 is 74.6 Å². The zero-order valence-corrected chi connectivity index (χ0v) is 43.5. The molecule has 0 bridgehead atoms. The molecule has 0 saturated heterocycles. The van der Waals surface area contributed by atoms with Gasteiger partial charge in [-0.1, -0.05) is 82.7 Å². The van der Waals surface area contributed by atoms with Crippen molar-refractivity contribution in [3.63, 3.8) is 0 Å². The first kappa shape index (κ1) is 61.7. The number of thiophene rings is 3. The second-order valence-corrected chi connectivity index (χ2v) is 21.1. The van der Waals surface area contributed by atoms with E-state index in [4.69, 9.17) is 5.11 Å². The third-order valence-electron chi connectivity index (χ3n) is 11.5. The molecule has 0 amide bonds. The number of carboxylic acids is 1. The number of fused-ring (bicyclic) bond motifs is 3. The summed E-state index contributed by atoms with van der Waals surface area (Å²) in [7, 11) is 4.55. The summed E-state index contributed by atoms with van der Waals surface area (Å²) in [4.78, 5) is 88.2. The highest BCUT2D eigenvalue weighted by atomic mass is 79.9. The Bertz CT molecular complexity index is 4410. The number of aryl methyl sites for hydroxylation is 3. The lowest BCUT2D eigenvalue weighted by atomic mass is 10.1. The number of carbonyl (C=O) groups is 1. The van der Waals surface area contributed by atoms with Crippen LogP contribution in [-0.4, -0.2) is 38.5 Å². The molecule has 0 aliphatic carbocycles. The van der Waals surface area contributed by atoms with Crippen LogP contribution in [0.3, 0.4) is 0 Å². The quantitative estimate of drug-likeness (QED) is 0.116. The highest BCUT2D eigenvalue weighted by Crippen LogP contribution is 2.27. The van der Waals surface area contributed by atoms with Crippen LogP contribution in [0.2, 0.25) is 0 Å². The van der Waals surface area contributed by atoms with E-state index in [0.717, 1.165) is 75.4 Å². The highest BCUT2D eigenvalue weighted by Gasteiger charge is 2.20. The van der Waals surface area contributed by atoms with Gasteiger partial charge in [-0.05, 0) is 92.8 Å². The molecule has 0 saturated carbocycles. The summed E-state index contributed by atoms with van der Waals surface area (Å²) in [5.74, 6) is -1.16. The summed E-state index contributed by atoms with van der Waals surface area (Å²) in [5, 5.41) is 9.89. The lowest BCUT2D eigenvalue weighted by Crippen LogP contribution is -2.38. The molecule has 6 aromatic heterocycles. The minimum absolute atomic E-state index is 0. The molecule has 4 aromatic carbocycles. The van der Waals surface area contributed by atoms with Gasteiger partial charge in [0.05, 0.1) is 44.5 Å². The van der Waals surface area contributed by atoms with E-state index in [1.54, 1.807) is 26.2 Å². The topological polar surface area (TPSA) is 169 Å². The van der Waals surface area contributed by atoms with Gasteiger partial charge in [0.25, 0.3) is 16.7 Å². The van der Waals surface area contributed by atoms with Crippen LogP contribution in [0.1, 0.15) is 59.1 Å². The van der Waals surface area contributed by atoms with Crippen LogP contribution >= 0.6 is 49.9 Å². The number of benzene rings is 4. The minimum atomic E-state index is -1.20. The van der Waals surface area contributed by atoms with Gasteiger partial charge >= 0.3 is 23.0 Å². The van der Waals surface area contributed by atoms with Crippen LogP contribution in [0.5, 0.6) is 0 Å². The van der Waals surface area contributed by atoms with Crippen molar-refractivity contribution in [3.05, 3.63) is 236 Å². The molecule has 0 atom stereocenters. The molecule has 0 unspecified atom stereocenters. The maximum Gasteiger partial charge on any atom is 0.345 e. The monoisotopic (exact) mass is 1210 g/mol. The Kier molecular flexibility index (Phi) is 20.0. The van der Waals surface area contributed by atoms with Gasteiger partial charge in [0.2, 0.25) is 0 Å². The van der Waals surface area contributed by atoms with Crippen LogP contribution in [0.25, 0.3) is 30.6 Å². The predicted octanol–water partition coefficient (Wildman–Crippen LogP) is 10.2. The van der Waals surface area contributed by atoms with Gasteiger partial charge in [0, 0.05) is 27.6 Å². The van der Waals surface area contributed by atoms with Gasteiger partial charge in [0.15, 0.2) is 34.9 Å². The van der Waals surface area contributed by atoms with Crippen molar-refractivity contribution in [2.24, 2.45) is 21.1 Å². The summed E-state index contributed by atoms with van der Waals surface area (Å²) in [6.45, 7) is -0.521. The van der Waals surface area contributed by atoms with E-state index in [-0.39, 0.29) is 62.6 Å². The van der Waals surface area contributed by atoms with Crippen LogP contribution in [-0.2, 0) is 47.2 Å². The lowest BCUT2D eigenvalue weighted by molar-refractivity contribution is 0.0702. The number of nitrogens with zero attached hydrogens (tertiary/aromatic N) is 6. The molecular weight excluding hydrogens is 1160 g/mol. The zero-order chi connectivity index (χ0) is 54.9. The van der Waals surface area contributed by atoms with Crippen molar-refractivity contribution in [1.29, 1.82) is 0 Å². The number of halogens is 7. The van der Waals surface area contributed by atoms with Crippen molar-refractivity contribution in [1.82, 2.24) is 27.4 Å². The maximum absolute atomic E-state index is 13.5. The van der Waals surface area contributed by atoms with E-state index in [1.807, 2.05) is 30.3 Å². The number of rotatable bonds is 8. The Labute approximate surface area is 465 Å². The average Bonchev–Trinajstić information content (AvgIpc) is 4.22. The van der Waals surface area contributed by atoms with Crippen LogP contribution < -0.4 is 33.7 Å². The van der Waals surface area contributed by atoms with Gasteiger partial charge in [-0.15, -0.1) is 34.0 Å². The van der Waals surface area contributed by atoms with E-state index >= 15 is 0 Å². The average molecular weight is 1210 g/mol. The Morgan fingerprint density at radius 3 is 1.28 bits per heavy atom. The number of hydrogen-bond acceptors (Lipinski definition) is 10. The largest absolute Gasteiger partial charge is 0.477 e. The predicted molar refractivity (Wildman–Crippen MR) is 302 cm³/mol. The van der Waals surface area contributed by atoms with Gasteiger partial charge in [-0.3, -0.25) is 41.8 Å². The normalized spacial score (nSPS) is 10.6. The first-order valence-electron chi connectivity index (χ1n) is 22.0. The minimum Gasteiger partial charge on any atom is -0.477 e. The highest BCUT2D eigenvalue weighted by molar-refractivity contribution is 9.11. The van der Waals surface area contributed by atoms with Crippen LogP contribution in [0, 0.1) is 46.7 Å². The summed E-state index contributed by atoms with van der Waals surface area (Å²) in [6.07, 6.45) is 0.578. The van der Waals surface area contributed by atoms with Crippen molar-refractivity contribution in [2.45, 2.75) is 48.3 Å². The molecule has 1 N–H and O–H groups in total. The fourth-order valence-corrected chi connectivity index (χ4v) is 11.1. The van der Waals surface area contributed by atoms with E-state index in [9.17, 15) is 59.9 Å². The molecule has 0 fully saturated rings. The van der Waals surface area contributed by atoms with E-state index in [2.05, 4.69) is 27.8 Å². The van der Waals surface area contributed by atoms with Gasteiger partial charge in [0.1, 0.15) is 19.4 Å². The summed E-state index contributed by atoms with van der Waals surface area (Å²) in [6, 6.07) is 24.0. The van der Waals surface area contributed by atoms with Crippen molar-refractivity contribution < 1.29 is 36.2 Å². The van der Waals surface area contributed by atoms with Gasteiger partial charge in [-0.25, -0.2) is 45.5 Å². The molecule has 79 heavy (non-hydrogen) atoms. The first-order chi connectivity index (χ1) is 36.1. The fourth-order valence-electron chi connectivity index (χ4n) is 7.70. The van der Waals surface area contributed by atoms with Crippen molar-refractivity contribution >= 4 is 86.6 Å². The SMILES string of the molecule is C.C.C.Cn1c(=O)n(Cc2ccc(F)c(F)c2)c(=O)c2cc(Br)sc21.Cn1c(=O)n(Cc2ccc(F)c(F)c2)c(=O)c2cc(C#CCc3ccccc3)sc21.Cn1c(=O)n(Cc2ccc(F)c(F)c2)c(=O)c2cc(C(=O)O)sc21. The van der Waals surface area contributed by atoms with Crippen LogP contribution in [0.15, 0.2) is 136 Å².